The van der Waals surface area contributed by atoms with Gasteiger partial charge >= 0.3 is 39.5 Å². The fourth-order valence-corrected chi connectivity index (χ4v) is 10.2. The number of carbonyl (C=O) groups is 4. The SMILES string of the molecule is CC/C=C\C/C=C\C/C=C\C/C=C\C/C=C\CC(=O)OCC(COP(=O)(O)OCC(O)COP(=O)(O)OCC(COC(=O)C/C=C\C/C=C\C/C=C\C/C=C\C/C=C\CC)OC(=O)CCCCCCCCCCCCC)OC(=O)CCCCCCC/C=C\C/C=C\CCC. The van der Waals surface area contributed by atoms with Crippen LogP contribution >= 0.6 is 15.6 Å². The number of ether oxygens (including phenoxy) is 4. The Morgan fingerprint density at radius 2 is 0.606 bits per heavy atom. The van der Waals surface area contributed by atoms with Crippen molar-refractivity contribution < 1.29 is 80.2 Å². The predicted octanol–water partition coefficient (Wildman–Crippen LogP) is 19.5. The highest BCUT2D eigenvalue weighted by Gasteiger charge is 2.30. The van der Waals surface area contributed by atoms with Crippen molar-refractivity contribution in [2.45, 2.75) is 264 Å². The quantitative estimate of drug-likeness (QED) is 0.0169. The maximum atomic E-state index is 13.0. The number of allylic oxidation sites excluding steroid dienone is 22. The molecule has 0 aliphatic rings. The van der Waals surface area contributed by atoms with Crippen molar-refractivity contribution in [3.8, 4) is 0 Å². The molecule has 0 bridgehead atoms. The molecule has 0 heterocycles. The van der Waals surface area contributed by atoms with Crippen LogP contribution in [0.2, 0.25) is 0 Å². The summed E-state index contributed by atoms with van der Waals surface area (Å²) < 4.78 is 67.9. The summed E-state index contributed by atoms with van der Waals surface area (Å²) >= 11 is 0. The zero-order valence-corrected chi connectivity index (χ0v) is 59.6. The Morgan fingerprint density at radius 3 is 0.947 bits per heavy atom. The van der Waals surface area contributed by atoms with Crippen LogP contribution in [0, 0.1) is 0 Å². The Kier molecular flexibility index (Phi) is 63.0. The molecule has 0 spiro atoms. The van der Waals surface area contributed by atoms with Gasteiger partial charge in [0.25, 0.3) is 0 Å². The number of carbonyl (C=O) groups excluding carboxylic acids is 4. The third-order valence-corrected chi connectivity index (χ3v) is 15.7. The van der Waals surface area contributed by atoms with Gasteiger partial charge < -0.3 is 33.8 Å². The highest BCUT2D eigenvalue weighted by molar-refractivity contribution is 7.47. The fourth-order valence-electron chi connectivity index (χ4n) is 8.58. The van der Waals surface area contributed by atoms with Gasteiger partial charge in [0, 0.05) is 12.8 Å². The van der Waals surface area contributed by atoms with Gasteiger partial charge in [0.2, 0.25) is 0 Å². The van der Waals surface area contributed by atoms with Crippen LogP contribution in [0.3, 0.4) is 0 Å². The van der Waals surface area contributed by atoms with E-state index in [1.54, 1.807) is 12.2 Å². The van der Waals surface area contributed by atoms with Crippen molar-refractivity contribution in [1.82, 2.24) is 0 Å². The molecular weight excluding hydrogens is 1230 g/mol. The molecule has 0 aliphatic carbocycles. The van der Waals surface area contributed by atoms with Crippen LogP contribution < -0.4 is 0 Å². The first-order valence-electron chi connectivity index (χ1n) is 35.1. The molecule has 5 unspecified atom stereocenters. The monoisotopic (exact) mass is 1360 g/mol. The smallest absolute Gasteiger partial charge is 0.461 e. The van der Waals surface area contributed by atoms with Crippen molar-refractivity contribution in [1.29, 1.82) is 0 Å². The minimum Gasteiger partial charge on any atom is -0.461 e. The Labute approximate surface area is 567 Å². The minimum atomic E-state index is -5.00. The fraction of sp³-hybridized carbons (Fsp3) is 0.627. The lowest BCUT2D eigenvalue weighted by molar-refractivity contribution is -0.161. The van der Waals surface area contributed by atoms with E-state index in [0.29, 0.717) is 25.7 Å². The second-order valence-corrected chi connectivity index (χ2v) is 25.7. The summed E-state index contributed by atoms with van der Waals surface area (Å²) in [6.45, 7) is 4.28. The number of unbranched alkanes of at least 4 members (excludes halogenated alkanes) is 16. The van der Waals surface area contributed by atoms with Crippen LogP contribution in [-0.4, -0.2) is 96.7 Å². The molecule has 0 fully saturated rings. The van der Waals surface area contributed by atoms with Crippen molar-refractivity contribution in [3.05, 3.63) is 146 Å². The first-order chi connectivity index (χ1) is 45.7. The molecule has 0 rings (SSSR count). The number of aliphatic hydroxyl groups is 1. The summed E-state index contributed by atoms with van der Waals surface area (Å²) in [6, 6.07) is 0. The van der Waals surface area contributed by atoms with E-state index in [-0.39, 0.29) is 25.7 Å². The molecule has 0 aromatic rings. The molecule has 0 aromatic carbocycles. The van der Waals surface area contributed by atoms with Gasteiger partial charge in [0.1, 0.15) is 19.3 Å². The number of hydrogen-bond donors (Lipinski definition) is 3. The van der Waals surface area contributed by atoms with Crippen molar-refractivity contribution >= 4 is 39.5 Å². The predicted molar refractivity (Wildman–Crippen MR) is 380 cm³/mol. The Hall–Kier alpha value is -5.06. The Bertz CT molecular complexity index is 2360. The summed E-state index contributed by atoms with van der Waals surface area (Å²) in [4.78, 5) is 72.4. The minimum absolute atomic E-state index is 0.0531. The van der Waals surface area contributed by atoms with E-state index >= 15 is 0 Å². The molecule has 0 saturated heterocycles. The van der Waals surface area contributed by atoms with Crippen molar-refractivity contribution in [2.24, 2.45) is 0 Å². The lowest BCUT2D eigenvalue weighted by Crippen LogP contribution is -2.30. The second kappa shape index (κ2) is 66.5. The molecule has 19 heteroatoms. The number of esters is 4. The van der Waals surface area contributed by atoms with Gasteiger partial charge in [-0.1, -0.05) is 263 Å². The van der Waals surface area contributed by atoms with E-state index < -0.39 is 97.5 Å². The van der Waals surface area contributed by atoms with E-state index in [4.69, 9.17) is 37.0 Å². The van der Waals surface area contributed by atoms with Crippen LogP contribution in [0.25, 0.3) is 0 Å². The summed E-state index contributed by atoms with van der Waals surface area (Å²) in [5.74, 6) is -2.50. The van der Waals surface area contributed by atoms with E-state index in [0.717, 1.165) is 128 Å². The number of rotatable bonds is 64. The average Bonchev–Trinajstić information content (AvgIpc) is 1.55. The molecule has 0 amide bonds. The molecule has 0 aromatic heterocycles. The van der Waals surface area contributed by atoms with Gasteiger partial charge in [-0.25, -0.2) is 9.13 Å². The molecule has 94 heavy (non-hydrogen) atoms. The first-order valence-corrected chi connectivity index (χ1v) is 38.1. The zero-order chi connectivity index (χ0) is 69.0. The van der Waals surface area contributed by atoms with Crippen molar-refractivity contribution in [3.63, 3.8) is 0 Å². The standard InChI is InChI=1S/C75H122O17P2/c1-5-9-13-17-21-25-29-32-34-37-40-43-47-51-55-59-72(77)85-65-70(91-74(79)61-57-53-49-45-39-28-24-20-16-12-8-4)67-89-93(81,82)87-63-69(76)64-88-94(83,84)90-68-71(92-75(80)62-58-54-50-46-42-36-31-27-23-19-15-11-7-3)66-86-73(78)60-56-52-48-44-41-38-35-33-30-26-22-18-14-10-6-2/h9-10,13-15,19,21-22,25-27,31-35,40-41,43-44,51-52,55-56,69-71,76H,5-8,11-12,16-18,20,23-24,28-30,36-39,42,45-50,53-54,57-68H2,1-4H3,(H,81,82)(H,83,84)/b13-9-,14-10-,19-15-,25-21-,26-22-,31-27-,34-32-,35-33-,43-40-,44-41-,55-51-,56-52-. The van der Waals surface area contributed by atoms with Gasteiger partial charge in [0.15, 0.2) is 12.2 Å². The van der Waals surface area contributed by atoms with Gasteiger partial charge in [-0.3, -0.25) is 37.3 Å². The van der Waals surface area contributed by atoms with Crippen LogP contribution in [0.4, 0.5) is 0 Å². The third kappa shape index (κ3) is 65.6. The highest BCUT2D eigenvalue weighted by atomic mass is 31.2. The largest absolute Gasteiger partial charge is 0.472 e. The molecule has 0 radical (unpaired) electrons. The maximum Gasteiger partial charge on any atom is 0.472 e. The Morgan fingerprint density at radius 1 is 0.319 bits per heavy atom. The number of phosphoric ester groups is 2. The number of phosphoric acid groups is 2. The normalized spacial score (nSPS) is 14.9. The topological polar surface area (TPSA) is 237 Å². The first kappa shape index (κ1) is 88.9. The molecule has 0 aliphatic heterocycles. The lowest BCUT2D eigenvalue weighted by Gasteiger charge is -2.21. The average molecular weight is 1360 g/mol. The van der Waals surface area contributed by atoms with Gasteiger partial charge in [-0.15, -0.1) is 0 Å². The number of hydrogen-bond acceptors (Lipinski definition) is 15. The molecule has 5 atom stereocenters. The third-order valence-electron chi connectivity index (χ3n) is 13.8. The van der Waals surface area contributed by atoms with E-state index in [9.17, 15) is 43.2 Å². The van der Waals surface area contributed by atoms with Crippen molar-refractivity contribution in [2.75, 3.05) is 39.6 Å². The summed E-state index contributed by atoms with van der Waals surface area (Å²) in [7, 11) is -10.00. The highest BCUT2D eigenvalue weighted by Crippen LogP contribution is 2.45. The van der Waals surface area contributed by atoms with E-state index in [2.05, 4.69) is 125 Å². The Balaban J connectivity index is 5.48. The molecule has 534 valence electrons. The molecule has 0 saturated carbocycles. The summed E-state index contributed by atoms with van der Waals surface area (Å²) in [5.41, 5.74) is 0. The van der Waals surface area contributed by atoms with E-state index in [1.165, 1.54) is 38.5 Å². The number of aliphatic hydroxyl groups excluding tert-OH is 1. The zero-order valence-electron chi connectivity index (χ0n) is 57.8. The maximum absolute atomic E-state index is 13.0. The lowest BCUT2D eigenvalue weighted by atomic mass is 10.1. The van der Waals surface area contributed by atoms with Crippen LogP contribution in [0.5, 0.6) is 0 Å². The molecule has 17 nitrogen and oxygen atoms in total. The van der Waals surface area contributed by atoms with Crippen LogP contribution in [0.15, 0.2) is 146 Å². The van der Waals surface area contributed by atoms with Gasteiger partial charge in [-0.05, 0) is 103 Å². The summed E-state index contributed by atoms with van der Waals surface area (Å²) in [6.07, 6.45) is 73.6. The van der Waals surface area contributed by atoms with Gasteiger partial charge in [0.05, 0.1) is 39.3 Å². The molecular formula is C75H122O17P2. The van der Waals surface area contributed by atoms with E-state index in [1.807, 2.05) is 36.5 Å². The summed E-state index contributed by atoms with van der Waals surface area (Å²) in [5, 5.41) is 10.6. The second-order valence-electron chi connectivity index (χ2n) is 22.7. The van der Waals surface area contributed by atoms with Gasteiger partial charge in [-0.2, -0.15) is 0 Å². The van der Waals surface area contributed by atoms with Crippen LogP contribution in [0.1, 0.15) is 246 Å². The molecule has 3 N–H and O–H groups in total. The van der Waals surface area contributed by atoms with Crippen LogP contribution in [-0.2, 0) is 65.4 Å².